The third-order valence-corrected chi connectivity index (χ3v) is 6.06. The Bertz CT molecular complexity index is 747. The highest BCUT2D eigenvalue weighted by Crippen LogP contribution is 2.22. The van der Waals surface area contributed by atoms with Gasteiger partial charge in [-0.2, -0.15) is 0 Å². The van der Waals surface area contributed by atoms with E-state index in [9.17, 15) is 9.59 Å². The summed E-state index contributed by atoms with van der Waals surface area (Å²) in [5.74, 6) is 0.158. The van der Waals surface area contributed by atoms with Gasteiger partial charge in [0.15, 0.2) is 0 Å². The molecular formula is C22H32N4O2. The minimum atomic E-state index is 0.00827. The van der Waals surface area contributed by atoms with Gasteiger partial charge in [-0.3, -0.25) is 14.5 Å². The summed E-state index contributed by atoms with van der Waals surface area (Å²) in [7, 11) is 0. The predicted molar refractivity (Wildman–Crippen MR) is 113 cm³/mol. The fraction of sp³-hybridized carbons (Fsp3) is 0.545. The van der Waals surface area contributed by atoms with Crippen LogP contribution in [-0.4, -0.2) is 78.4 Å². The van der Waals surface area contributed by atoms with E-state index >= 15 is 0 Å². The lowest BCUT2D eigenvalue weighted by atomic mass is 10.0. The molecule has 0 saturated carbocycles. The Hall–Kier alpha value is -2.34. The molecule has 3 rings (SSSR count). The first-order chi connectivity index (χ1) is 13.4. The van der Waals surface area contributed by atoms with Gasteiger partial charge in [-0.15, -0.1) is 0 Å². The van der Waals surface area contributed by atoms with Crippen molar-refractivity contribution >= 4 is 17.5 Å². The van der Waals surface area contributed by atoms with Crippen LogP contribution >= 0.6 is 0 Å². The summed E-state index contributed by atoms with van der Waals surface area (Å²) in [6.07, 6.45) is 2.32. The van der Waals surface area contributed by atoms with E-state index in [0.29, 0.717) is 12.6 Å². The summed E-state index contributed by atoms with van der Waals surface area (Å²) >= 11 is 0. The number of nitrogens with one attached hydrogen (secondary N) is 1. The first-order valence-electron chi connectivity index (χ1n) is 10.2. The molecule has 0 aliphatic carbocycles. The van der Waals surface area contributed by atoms with Gasteiger partial charge in [-0.25, -0.2) is 0 Å². The highest BCUT2D eigenvalue weighted by Gasteiger charge is 2.35. The number of aryl methyl sites for hydroxylation is 3. The smallest absolute Gasteiger partial charge is 0.246 e. The van der Waals surface area contributed by atoms with E-state index in [2.05, 4.69) is 49.7 Å². The molecule has 1 N–H and O–H groups in total. The van der Waals surface area contributed by atoms with Crippen LogP contribution in [0.2, 0.25) is 0 Å². The molecule has 0 spiro atoms. The maximum Gasteiger partial charge on any atom is 0.246 e. The van der Waals surface area contributed by atoms with Gasteiger partial charge in [0, 0.05) is 51.0 Å². The maximum absolute atomic E-state index is 12.6. The van der Waals surface area contributed by atoms with E-state index in [4.69, 9.17) is 0 Å². The molecule has 0 bridgehead atoms. The Morgan fingerprint density at radius 1 is 1.11 bits per heavy atom. The molecule has 2 heterocycles. The number of benzene rings is 1. The number of carbonyl (C=O) groups excluding carboxylic acids is 2. The van der Waals surface area contributed by atoms with Crippen molar-refractivity contribution < 1.29 is 9.59 Å². The van der Waals surface area contributed by atoms with Crippen LogP contribution in [0.15, 0.2) is 24.8 Å². The van der Waals surface area contributed by atoms with Crippen molar-refractivity contribution in [3.05, 3.63) is 41.5 Å². The zero-order valence-electron chi connectivity index (χ0n) is 17.3. The van der Waals surface area contributed by atoms with Crippen molar-refractivity contribution in [2.45, 2.75) is 33.2 Å². The van der Waals surface area contributed by atoms with E-state index in [-0.39, 0.29) is 11.8 Å². The zero-order chi connectivity index (χ0) is 20.3. The Kier molecular flexibility index (Phi) is 6.39. The van der Waals surface area contributed by atoms with Crippen molar-refractivity contribution in [3.8, 4) is 0 Å². The lowest BCUT2D eigenvalue weighted by molar-refractivity contribution is -0.135. The highest BCUT2D eigenvalue weighted by molar-refractivity contribution is 5.87. The molecule has 6 nitrogen and oxygen atoms in total. The molecule has 2 amide bonds. The van der Waals surface area contributed by atoms with Crippen LogP contribution < -0.4 is 5.32 Å². The largest absolute Gasteiger partial charge is 0.376 e. The third-order valence-electron chi connectivity index (χ3n) is 6.06. The summed E-state index contributed by atoms with van der Waals surface area (Å²) in [4.78, 5) is 30.4. The van der Waals surface area contributed by atoms with Gasteiger partial charge in [0.05, 0.1) is 6.54 Å². The van der Waals surface area contributed by atoms with E-state index in [0.717, 1.165) is 51.4 Å². The summed E-state index contributed by atoms with van der Waals surface area (Å²) < 4.78 is 0. The number of likely N-dealkylation sites (tertiary alicyclic amines) is 1. The minimum absolute atomic E-state index is 0.00827. The molecule has 1 aromatic carbocycles. The lowest BCUT2D eigenvalue weighted by Crippen LogP contribution is -2.64. The third kappa shape index (κ3) is 4.38. The van der Waals surface area contributed by atoms with Crippen LogP contribution in [0.5, 0.6) is 0 Å². The highest BCUT2D eigenvalue weighted by atomic mass is 16.2. The normalized spacial score (nSPS) is 18.0. The van der Waals surface area contributed by atoms with Crippen LogP contribution in [0.25, 0.3) is 0 Å². The molecule has 2 aliphatic rings. The molecule has 1 aromatic rings. The van der Waals surface area contributed by atoms with Crippen molar-refractivity contribution in [1.82, 2.24) is 14.7 Å². The summed E-state index contributed by atoms with van der Waals surface area (Å²) in [6.45, 7) is 15.0. The molecule has 0 unspecified atom stereocenters. The Morgan fingerprint density at radius 2 is 1.75 bits per heavy atom. The van der Waals surface area contributed by atoms with Gasteiger partial charge in [0.2, 0.25) is 11.8 Å². The van der Waals surface area contributed by atoms with Gasteiger partial charge in [-0.05, 0) is 49.1 Å². The summed E-state index contributed by atoms with van der Waals surface area (Å²) in [6, 6.07) is 4.77. The van der Waals surface area contributed by atoms with Crippen LogP contribution in [0.1, 0.15) is 23.6 Å². The minimum Gasteiger partial charge on any atom is -0.376 e. The van der Waals surface area contributed by atoms with E-state index in [1.54, 1.807) is 0 Å². The average Bonchev–Trinajstić information content (AvgIpc) is 2.67. The standard InChI is InChI=1S/C22H32N4O2/c1-5-18-11-16(3)17(4)12-20(18)23-13-22(28)25-9-7-24(8-10-25)19-14-26(15-19)21(27)6-2/h6,11-12,19,23H,2,5,7-10,13-15H2,1,3-4H3. The molecule has 28 heavy (non-hydrogen) atoms. The number of piperazine rings is 1. The fourth-order valence-corrected chi connectivity index (χ4v) is 3.95. The van der Waals surface area contributed by atoms with Crippen molar-refractivity contribution in [1.29, 1.82) is 0 Å². The monoisotopic (exact) mass is 384 g/mol. The zero-order valence-corrected chi connectivity index (χ0v) is 17.3. The first kappa shape index (κ1) is 20.4. The molecule has 0 aromatic heterocycles. The quantitative estimate of drug-likeness (QED) is 0.760. The van der Waals surface area contributed by atoms with Crippen LogP contribution in [0, 0.1) is 13.8 Å². The number of hydrogen-bond donors (Lipinski definition) is 1. The van der Waals surface area contributed by atoms with Gasteiger partial charge < -0.3 is 15.1 Å². The average molecular weight is 385 g/mol. The summed E-state index contributed by atoms with van der Waals surface area (Å²) in [5.41, 5.74) is 4.85. The number of carbonyl (C=O) groups is 2. The molecule has 6 heteroatoms. The Labute approximate surface area is 168 Å². The SMILES string of the molecule is C=CC(=O)N1CC(N2CCN(C(=O)CNc3cc(C)c(C)cc3CC)CC2)C1. The van der Waals surface area contributed by atoms with Gasteiger partial charge in [-0.1, -0.05) is 19.6 Å². The second kappa shape index (κ2) is 8.78. The number of rotatable bonds is 6. The Morgan fingerprint density at radius 3 is 2.36 bits per heavy atom. The molecule has 152 valence electrons. The van der Waals surface area contributed by atoms with Gasteiger partial charge in [0.1, 0.15) is 0 Å². The maximum atomic E-state index is 12.6. The molecule has 0 atom stereocenters. The van der Waals surface area contributed by atoms with E-state index in [1.165, 1.54) is 22.8 Å². The second-order valence-electron chi connectivity index (χ2n) is 7.82. The van der Waals surface area contributed by atoms with Crippen LogP contribution in [-0.2, 0) is 16.0 Å². The van der Waals surface area contributed by atoms with Crippen LogP contribution in [0.4, 0.5) is 5.69 Å². The molecule has 2 aliphatic heterocycles. The number of hydrogen-bond acceptors (Lipinski definition) is 4. The predicted octanol–water partition coefficient (Wildman–Crippen LogP) is 1.82. The van der Waals surface area contributed by atoms with E-state index in [1.807, 2.05) is 9.80 Å². The van der Waals surface area contributed by atoms with Crippen LogP contribution in [0.3, 0.4) is 0 Å². The fourth-order valence-electron chi connectivity index (χ4n) is 3.95. The second-order valence-corrected chi connectivity index (χ2v) is 7.82. The number of amides is 2. The topological polar surface area (TPSA) is 55.9 Å². The van der Waals surface area contributed by atoms with E-state index < -0.39 is 0 Å². The number of anilines is 1. The summed E-state index contributed by atoms with van der Waals surface area (Å²) in [5, 5.41) is 3.35. The molecule has 2 fully saturated rings. The molecular weight excluding hydrogens is 352 g/mol. The van der Waals surface area contributed by atoms with Gasteiger partial charge in [0.25, 0.3) is 0 Å². The van der Waals surface area contributed by atoms with Crippen molar-refractivity contribution in [3.63, 3.8) is 0 Å². The first-order valence-corrected chi connectivity index (χ1v) is 10.2. The lowest BCUT2D eigenvalue weighted by Gasteiger charge is -2.47. The van der Waals surface area contributed by atoms with Gasteiger partial charge >= 0.3 is 0 Å². The number of nitrogens with zero attached hydrogens (tertiary/aromatic N) is 3. The Balaban J connectivity index is 1.45. The van der Waals surface area contributed by atoms with Crippen molar-refractivity contribution in [2.24, 2.45) is 0 Å². The molecule has 2 saturated heterocycles. The van der Waals surface area contributed by atoms with Crippen molar-refractivity contribution in [2.75, 3.05) is 51.1 Å². The molecule has 0 radical (unpaired) electrons.